The molecule has 0 spiro atoms. The summed E-state index contributed by atoms with van der Waals surface area (Å²) in [4.78, 5) is 25.8. The second kappa shape index (κ2) is 6.56. The van der Waals surface area contributed by atoms with Crippen molar-refractivity contribution in [1.29, 1.82) is 0 Å². The van der Waals surface area contributed by atoms with Crippen molar-refractivity contribution in [1.82, 2.24) is 0 Å². The molecule has 1 aromatic rings. The molecule has 1 fully saturated rings. The lowest BCUT2D eigenvalue weighted by Crippen LogP contribution is -2.39. The first-order valence-corrected chi connectivity index (χ1v) is 8.17. The molecule has 0 radical (unpaired) electrons. The highest BCUT2D eigenvalue weighted by molar-refractivity contribution is 6.00. The molecule has 1 aliphatic carbocycles. The van der Waals surface area contributed by atoms with Crippen LogP contribution in [0.3, 0.4) is 0 Å². The molecule has 1 aliphatic heterocycles. The number of nitrogens with one attached hydrogen (secondary N) is 1. The Morgan fingerprint density at radius 2 is 2.13 bits per heavy atom. The fourth-order valence-corrected chi connectivity index (χ4v) is 3.21. The molecule has 0 aromatic heterocycles. The smallest absolute Gasteiger partial charge is 0.265 e. The molecule has 1 heterocycles. The lowest BCUT2D eigenvalue weighted by molar-refractivity contribution is -0.121. The van der Waals surface area contributed by atoms with Crippen LogP contribution in [0.25, 0.3) is 0 Å². The molecule has 0 saturated heterocycles. The largest absolute Gasteiger partial charge is 0.481 e. The summed E-state index contributed by atoms with van der Waals surface area (Å²) in [6.07, 6.45) is 4.56. The molecule has 23 heavy (non-hydrogen) atoms. The second-order valence-electron chi connectivity index (χ2n) is 6.10. The third-order valence-electron chi connectivity index (χ3n) is 4.42. The number of carbonyl (C=O) groups is 2. The Hall–Kier alpha value is -2.11. The Balaban J connectivity index is 1.86. The quantitative estimate of drug-likeness (QED) is 0.927. The van der Waals surface area contributed by atoms with Crippen molar-refractivity contribution in [2.24, 2.45) is 5.92 Å². The van der Waals surface area contributed by atoms with Gasteiger partial charge in [-0.25, -0.2) is 4.39 Å². The van der Waals surface area contributed by atoms with E-state index in [1.54, 1.807) is 4.90 Å². The van der Waals surface area contributed by atoms with Crippen molar-refractivity contribution < 1.29 is 18.7 Å². The fraction of sp³-hybridized carbons (Fsp3) is 0.529. The van der Waals surface area contributed by atoms with Gasteiger partial charge < -0.3 is 15.0 Å². The van der Waals surface area contributed by atoms with E-state index in [1.807, 2.05) is 6.92 Å². The maximum atomic E-state index is 14.2. The van der Waals surface area contributed by atoms with Crippen molar-refractivity contribution in [3.8, 4) is 5.75 Å². The van der Waals surface area contributed by atoms with Crippen LogP contribution in [0, 0.1) is 11.7 Å². The number of hydrogen-bond donors (Lipinski definition) is 1. The van der Waals surface area contributed by atoms with Gasteiger partial charge in [-0.3, -0.25) is 9.59 Å². The molecule has 1 saturated carbocycles. The second-order valence-corrected chi connectivity index (χ2v) is 6.10. The van der Waals surface area contributed by atoms with Crippen LogP contribution in [-0.2, 0) is 9.59 Å². The lowest BCUT2D eigenvalue weighted by atomic mass is 10.1. The molecular formula is C17H21FN2O3. The molecule has 5 nitrogen and oxygen atoms in total. The van der Waals surface area contributed by atoms with E-state index in [9.17, 15) is 14.0 Å². The number of halogens is 1. The van der Waals surface area contributed by atoms with Crippen LogP contribution in [0.15, 0.2) is 12.1 Å². The number of carbonyl (C=O) groups excluding carboxylic acids is 2. The SMILES string of the molecule is CCCN1C(=O)COc2cc(F)c(NC(=O)C3CCCC3)cc21. The van der Waals surface area contributed by atoms with Gasteiger partial charge >= 0.3 is 0 Å². The summed E-state index contributed by atoms with van der Waals surface area (Å²) in [5, 5.41) is 2.67. The normalized spacial score (nSPS) is 17.8. The van der Waals surface area contributed by atoms with Crippen LogP contribution in [0.4, 0.5) is 15.8 Å². The maximum absolute atomic E-state index is 14.2. The van der Waals surface area contributed by atoms with Gasteiger partial charge in [-0.2, -0.15) is 0 Å². The van der Waals surface area contributed by atoms with Crippen molar-refractivity contribution in [3.05, 3.63) is 17.9 Å². The predicted octanol–water partition coefficient (Wildman–Crippen LogP) is 3.09. The topological polar surface area (TPSA) is 58.6 Å². The van der Waals surface area contributed by atoms with E-state index in [1.165, 1.54) is 12.1 Å². The third-order valence-corrected chi connectivity index (χ3v) is 4.42. The fourth-order valence-electron chi connectivity index (χ4n) is 3.21. The predicted molar refractivity (Wildman–Crippen MR) is 85.1 cm³/mol. The molecule has 3 rings (SSSR count). The third kappa shape index (κ3) is 3.16. The van der Waals surface area contributed by atoms with Gasteiger partial charge in [0.05, 0.1) is 11.4 Å². The molecular weight excluding hydrogens is 299 g/mol. The van der Waals surface area contributed by atoms with E-state index in [0.29, 0.717) is 18.0 Å². The van der Waals surface area contributed by atoms with Gasteiger partial charge in [0.15, 0.2) is 12.4 Å². The number of nitrogens with zero attached hydrogens (tertiary/aromatic N) is 1. The van der Waals surface area contributed by atoms with E-state index in [0.717, 1.165) is 32.1 Å². The first-order chi connectivity index (χ1) is 11.1. The van der Waals surface area contributed by atoms with Gasteiger partial charge in [-0.05, 0) is 25.3 Å². The zero-order chi connectivity index (χ0) is 16.4. The monoisotopic (exact) mass is 320 g/mol. The Morgan fingerprint density at radius 1 is 1.39 bits per heavy atom. The van der Waals surface area contributed by atoms with Gasteiger partial charge in [0.25, 0.3) is 5.91 Å². The van der Waals surface area contributed by atoms with Gasteiger partial charge in [0, 0.05) is 18.5 Å². The number of fused-ring (bicyclic) bond motifs is 1. The number of hydrogen-bond acceptors (Lipinski definition) is 3. The average Bonchev–Trinajstić information content (AvgIpc) is 3.06. The minimum atomic E-state index is -0.541. The Labute approximate surface area is 134 Å². The Bertz CT molecular complexity index is 627. The van der Waals surface area contributed by atoms with Crippen LogP contribution in [0.1, 0.15) is 39.0 Å². The van der Waals surface area contributed by atoms with Crippen molar-refractivity contribution in [2.75, 3.05) is 23.4 Å². The summed E-state index contributed by atoms with van der Waals surface area (Å²) in [5.41, 5.74) is 0.631. The maximum Gasteiger partial charge on any atom is 0.265 e. The molecule has 0 unspecified atom stereocenters. The number of ether oxygens (including phenoxy) is 1. The molecule has 0 atom stereocenters. The van der Waals surface area contributed by atoms with E-state index < -0.39 is 5.82 Å². The summed E-state index contributed by atoms with van der Waals surface area (Å²) in [6, 6.07) is 2.75. The molecule has 1 N–H and O–H groups in total. The average molecular weight is 320 g/mol. The van der Waals surface area contributed by atoms with E-state index in [-0.39, 0.29) is 30.0 Å². The van der Waals surface area contributed by atoms with E-state index in [2.05, 4.69) is 5.32 Å². The van der Waals surface area contributed by atoms with Crippen molar-refractivity contribution >= 4 is 23.2 Å². The number of anilines is 2. The summed E-state index contributed by atoms with van der Waals surface area (Å²) in [6.45, 7) is 2.42. The van der Waals surface area contributed by atoms with E-state index in [4.69, 9.17) is 4.74 Å². The number of benzene rings is 1. The van der Waals surface area contributed by atoms with Gasteiger partial charge in [0.1, 0.15) is 5.75 Å². The van der Waals surface area contributed by atoms with Gasteiger partial charge in [0.2, 0.25) is 5.91 Å². The van der Waals surface area contributed by atoms with Crippen LogP contribution < -0.4 is 15.0 Å². The van der Waals surface area contributed by atoms with Crippen LogP contribution >= 0.6 is 0 Å². The van der Waals surface area contributed by atoms with Crippen LogP contribution in [0.5, 0.6) is 5.75 Å². The zero-order valence-electron chi connectivity index (χ0n) is 13.2. The number of rotatable bonds is 4. The highest BCUT2D eigenvalue weighted by Crippen LogP contribution is 2.37. The van der Waals surface area contributed by atoms with Crippen LogP contribution in [0.2, 0.25) is 0 Å². The summed E-state index contributed by atoms with van der Waals surface area (Å²) in [7, 11) is 0. The minimum Gasteiger partial charge on any atom is -0.481 e. The summed E-state index contributed by atoms with van der Waals surface area (Å²) in [5.74, 6) is -0.546. The Kier molecular flexibility index (Phi) is 4.50. The standard InChI is InChI=1S/C17H21FN2O3/c1-2-7-20-14-9-13(19-17(22)11-5-3-4-6-11)12(18)8-15(14)23-10-16(20)21/h8-9,11H,2-7,10H2,1H3,(H,19,22). The summed E-state index contributed by atoms with van der Waals surface area (Å²) < 4.78 is 19.5. The number of amides is 2. The van der Waals surface area contributed by atoms with Crippen LogP contribution in [-0.4, -0.2) is 25.0 Å². The van der Waals surface area contributed by atoms with Gasteiger partial charge in [-0.1, -0.05) is 19.8 Å². The van der Waals surface area contributed by atoms with Crippen molar-refractivity contribution in [3.63, 3.8) is 0 Å². The van der Waals surface area contributed by atoms with Gasteiger partial charge in [-0.15, -0.1) is 0 Å². The minimum absolute atomic E-state index is 0.0462. The molecule has 124 valence electrons. The Morgan fingerprint density at radius 3 is 2.83 bits per heavy atom. The zero-order valence-corrected chi connectivity index (χ0v) is 13.2. The van der Waals surface area contributed by atoms with Crippen molar-refractivity contribution in [2.45, 2.75) is 39.0 Å². The molecule has 1 aromatic carbocycles. The first kappa shape index (κ1) is 15.8. The highest BCUT2D eigenvalue weighted by Gasteiger charge is 2.28. The lowest BCUT2D eigenvalue weighted by Gasteiger charge is -2.29. The molecule has 2 aliphatic rings. The molecule has 2 amide bonds. The summed E-state index contributed by atoms with van der Waals surface area (Å²) >= 11 is 0. The molecule has 6 heteroatoms. The van der Waals surface area contributed by atoms with E-state index >= 15 is 0 Å². The highest BCUT2D eigenvalue weighted by atomic mass is 19.1. The molecule has 0 bridgehead atoms. The first-order valence-electron chi connectivity index (χ1n) is 8.17.